The van der Waals surface area contributed by atoms with Gasteiger partial charge < -0.3 is 0 Å². The second-order valence-corrected chi connectivity index (χ2v) is 4.27. The second-order valence-electron chi connectivity index (χ2n) is 4.27. The van der Waals surface area contributed by atoms with Crippen LogP contribution in [0.15, 0.2) is 36.5 Å². The smallest absolute Gasteiger partial charge is 0.258 e. The van der Waals surface area contributed by atoms with Gasteiger partial charge in [-0.2, -0.15) is 5.10 Å². The van der Waals surface area contributed by atoms with E-state index in [1.807, 2.05) is 6.07 Å². The van der Waals surface area contributed by atoms with Crippen LogP contribution in [0, 0.1) is 0 Å². The molecule has 2 amide bonds. The van der Waals surface area contributed by atoms with Gasteiger partial charge in [0.05, 0.1) is 5.69 Å². The molecule has 0 atom stereocenters. The molecule has 5 heteroatoms. The Morgan fingerprint density at radius 3 is 2.53 bits per heavy atom. The Morgan fingerprint density at radius 1 is 1.11 bits per heavy atom. The molecule has 1 aromatic carbocycles. The largest absolute Gasteiger partial charge is 0.288 e. The van der Waals surface area contributed by atoms with Gasteiger partial charge in [0.1, 0.15) is 0 Å². The molecule has 5 nitrogen and oxygen atoms in total. The summed E-state index contributed by atoms with van der Waals surface area (Å²) in [5.74, 6) is -0.743. The quantitative estimate of drug-likeness (QED) is 0.614. The molecule has 1 aromatic heterocycles. The van der Waals surface area contributed by atoms with Crippen LogP contribution in [-0.4, -0.2) is 21.6 Å². The third kappa shape index (κ3) is 1.85. The van der Waals surface area contributed by atoms with Gasteiger partial charge in [0.25, 0.3) is 11.8 Å². The highest BCUT2D eigenvalue weighted by molar-refractivity contribution is 6.33. The third-order valence-corrected chi connectivity index (χ3v) is 3.08. The van der Waals surface area contributed by atoms with Crippen molar-refractivity contribution in [3.63, 3.8) is 0 Å². The van der Waals surface area contributed by atoms with Crippen molar-refractivity contribution in [2.45, 2.75) is 0 Å². The minimum absolute atomic E-state index is 0.359. The summed E-state index contributed by atoms with van der Waals surface area (Å²) in [5, 5.41) is 6.39. The maximum Gasteiger partial charge on any atom is 0.258 e. The Hall–Kier alpha value is -2.69. The maximum absolute atomic E-state index is 12.0. The van der Waals surface area contributed by atoms with E-state index in [4.69, 9.17) is 0 Å². The molecule has 0 saturated carbocycles. The summed E-state index contributed by atoms with van der Waals surface area (Å²) < 4.78 is 1.67. The van der Waals surface area contributed by atoms with Crippen molar-refractivity contribution < 1.29 is 9.59 Å². The molecular formula is C14H11N3O2. The van der Waals surface area contributed by atoms with Gasteiger partial charge in [-0.1, -0.05) is 18.2 Å². The van der Waals surface area contributed by atoms with Gasteiger partial charge in [0.15, 0.2) is 0 Å². The molecule has 3 rings (SSSR count). The maximum atomic E-state index is 12.0. The van der Waals surface area contributed by atoms with Gasteiger partial charge in [-0.25, -0.2) is 0 Å². The molecule has 0 radical (unpaired) electrons. The molecule has 1 N–H and O–H groups in total. The van der Waals surface area contributed by atoms with Crippen LogP contribution in [0.4, 0.5) is 0 Å². The van der Waals surface area contributed by atoms with Crippen molar-refractivity contribution >= 4 is 23.5 Å². The first kappa shape index (κ1) is 11.4. The van der Waals surface area contributed by atoms with Crippen LogP contribution >= 0.6 is 0 Å². The number of aryl methyl sites for hydroxylation is 1. The number of carbonyl (C=O) groups is 2. The average molecular weight is 253 g/mol. The van der Waals surface area contributed by atoms with Crippen LogP contribution in [0.3, 0.4) is 0 Å². The highest BCUT2D eigenvalue weighted by Crippen LogP contribution is 2.25. The molecule has 94 valence electrons. The zero-order valence-electron chi connectivity index (χ0n) is 10.3. The first-order valence-corrected chi connectivity index (χ1v) is 5.81. The first-order valence-electron chi connectivity index (χ1n) is 5.81. The minimum atomic E-state index is -0.384. The molecule has 1 aliphatic rings. The number of hydrogen-bond donors (Lipinski definition) is 1. The average Bonchev–Trinajstić information content (AvgIpc) is 2.80. The molecule has 1 aliphatic heterocycles. The van der Waals surface area contributed by atoms with Gasteiger partial charge in [-0.05, 0) is 18.2 Å². The van der Waals surface area contributed by atoms with E-state index in [0.29, 0.717) is 16.7 Å². The first-order chi connectivity index (χ1) is 9.16. The second kappa shape index (κ2) is 4.20. The van der Waals surface area contributed by atoms with E-state index in [2.05, 4.69) is 10.4 Å². The normalized spacial score (nSPS) is 16.4. The number of imide groups is 1. The van der Waals surface area contributed by atoms with Crippen LogP contribution in [0.25, 0.3) is 11.6 Å². The molecule has 0 saturated heterocycles. The summed E-state index contributed by atoms with van der Waals surface area (Å²) in [7, 11) is 1.80. The zero-order chi connectivity index (χ0) is 13.4. The number of rotatable bonds is 1. The lowest BCUT2D eigenvalue weighted by molar-refractivity contribution is -0.114. The number of benzene rings is 1. The van der Waals surface area contributed by atoms with Gasteiger partial charge in [0, 0.05) is 29.9 Å². The molecule has 0 fully saturated rings. The number of nitrogens with one attached hydrogen (secondary N) is 1. The van der Waals surface area contributed by atoms with Gasteiger partial charge >= 0.3 is 0 Å². The standard InChI is InChI=1S/C14H11N3O2/c1-17-9(6-7-15-17)8-12-10-4-2-3-5-11(10)13(18)16-14(12)19/h2-8H,1H3,(H,16,18,19)/b12-8-. The highest BCUT2D eigenvalue weighted by atomic mass is 16.2. The van der Waals surface area contributed by atoms with Gasteiger partial charge in [-0.15, -0.1) is 0 Å². The zero-order valence-corrected chi connectivity index (χ0v) is 10.3. The van der Waals surface area contributed by atoms with E-state index in [1.54, 1.807) is 48.3 Å². The Morgan fingerprint density at radius 2 is 1.84 bits per heavy atom. The number of fused-ring (bicyclic) bond motifs is 1. The van der Waals surface area contributed by atoms with Crippen molar-refractivity contribution in [1.82, 2.24) is 15.1 Å². The number of amides is 2. The Kier molecular flexibility index (Phi) is 2.52. The summed E-state index contributed by atoms with van der Waals surface area (Å²) in [5.41, 5.74) is 2.43. The van der Waals surface area contributed by atoms with Crippen molar-refractivity contribution in [3.05, 3.63) is 53.3 Å². The van der Waals surface area contributed by atoms with Crippen LogP contribution < -0.4 is 5.32 Å². The summed E-state index contributed by atoms with van der Waals surface area (Å²) >= 11 is 0. The lowest BCUT2D eigenvalue weighted by atomic mass is 9.94. The molecule has 19 heavy (non-hydrogen) atoms. The summed E-state index contributed by atoms with van der Waals surface area (Å²) in [6.45, 7) is 0. The monoisotopic (exact) mass is 253 g/mol. The van der Waals surface area contributed by atoms with Crippen molar-refractivity contribution in [2.75, 3.05) is 0 Å². The van der Waals surface area contributed by atoms with E-state index in [9.17, 15) is 9.59 Å². The van der Waals surface area contributed by atoms with Gasteiger partial charge in [-0.3, -0.25) is 19.6 Å². The third-order valence-electron chi connectivity index (χ3n) is 3.08. The van der Waals surface area contributed by atoms with E-state index >= 15 is 0 Å². The van der Waals surface area contributed by atoms with E-state index in [-0.39, 0.29) is 11.8 Å². The molecule has 0 aliphatic carbocycles. The number of carbonyl (C=O) groups excluding carboxylic acids is 2. The van der Waals surface area contributed by atoms with Crippen molar-refractivity contribution in [1.29, 1.82) is 0 Å². The van der Waals surface area contributed by atoms with E-state index < -0.39 is 0 Å². The number of aromatic nitrogens is 2. The van der Waals surface area contributed by atoms with Crippen LogP contribution in [0.2, 0.25) is 0 Å². The molecule has 2 aromatic rings. The fraction of sp³-hybridized carbons (Fsp3) is 0.0714. The highest BCUT2D eigenvalue weighted by Gasteiger charge is 2.26. The van der Waals surface area contributed by atoms with E-state index in [0.717, 1.165) is 5.69 Å². The SMILES string of the molecule is Cn1nccc1/C=C1\C(=O)NC(=O)c2ccccc21. The predicted octanol–water partition coefficient (Wildman–Crippen LogP) is 1.23. The molecule has 0 bridgehead atoms. The predicted molar refractivity (Wildman–Crippen MR) is 70.0 cm³/mol. The summed E-state index contributed by atoms with van der Waals surface area (Å²) in [6, 6.07) is 8.86. The number of hydrogen-bond acceptors (Lipinski definition) is 3. The minimum Gasteiger partial charge on any atom is -0.288 e. The van der Waals surface area contributed by atoms with Crippen molar-refractivity contribution in [2.24, 2.45) is 7.05 Å². The molecule has 0 unspecified atom stereocenters. The fourth-order valence-corrected chi connectivity index (χ4v) is 2.09. The van der Waals surface area contributed by atoms with Crippen LogP contribution in [-0.2, 0) is 11.8 Å². The van der Waals surface area contributed by atoms with Crippen LogP contribution in [0.1, 0.15) is 21.6 Å². The molecule has 0 spiro atoms. The Bertz CT molecular complexity index is 713. The Balaban J connectivity index is 2.19. The van der Waals surface area contributed by atoms with E-state index in [1.165, 1.54) is 0 Å². The topological polar surface area (TPSA) is 64.0 Å². The summed E-state index contributed by atoms with van der Waals surface area (Å²) in [4.78, 5) is 23.7. The Labute approximate surface area is 109 Å². The molecule has 2 heterocycles. The van der Waals surface area contributed by atoms with Gasteiger partial charge in [0.2, 0.25) is 0 Å². The summed E-state index contributed by atoms with van der Waals surface area (Å²) in [6.07, 6.45) is 3.39. The van der Waals surface area contributed by atoms with Crippen LogP contribution in [0.5, 0.6) is 0 Å². The number of nitrogens with zero attached hydrogens (tertiary/aromatic N) is 2. The fourth-order valence-electron chi connectivity index (χ4n) is 2.09. The van der Waals surface area contributed by atoms with Crippen molar-refractivity contribution in [3.8, 4) is 0 Å². The lowest BCUT2D eigenvalue weighted by Crippen LogP contribution is -2.36. The lowest BCUT2D eigenvalue weighted by Gasteiger charge is -2.17. The molecular weight excluding hydrogens is 242 g/mol.